The lowest BCUT2D eigenvalue weighted by Gasteiger charge is -2.39. The van der Waals surface area contributed by atoms with Crippen LogP contribution in [0.25, 0.3) is 0 Å². The molecule has 0 aromatic rings. The molecule has 0 saturated carbocycles. The summed E-state index contributed by atoms with van der Waals surface area (Å²) in [7, 11) is -0.417. The van der Waals surface area contributed by atoms with Crippen molar-refractivity contribution in [3.63, 3.8) is 0 Å². The lowest BCUT2D eigenvalue weighted by molar-refractivity contribution is -0.142. The summed E-state index contributed by atoms with van der Waals surface area (Å²) in [6.45, 7) is 14.9. The van der Waals surface area contributed by atoms with Gasteiger partial charge in [0.25, 0.3) is 0 Å². The predicted molar refractivity (Wildman–Crippen MR) is 84.2 cm³/mol. The van der Waals surface area contributed by atoms with Crippen LogP contribution in [-0.4, -0.2) is 39.6 Å². The molecule has 5 heteroatoms. The van der Waals surface area contributed by atoms with Crippen LogP contribution in [0.3, 0.4) is 0 Å². The van der Waals surface area contributed by atoms with Crippen LogP contribution in [0.2, 0.25) is 18.1 Å². The van der Waals surface area contributed by atoms with Gasteiger partial charge in [-0.15, -0.1) is 6.58 Å². The molecule has 0 aliphatic carbocycles. The predicted octanol–water partition coefficient (Wildman–Crippen LogP) is 2.86. The largest absolute Gasteiger partial charge is 0.468 e. The van der Waals surface area contributed by atoms with E-state index in [0.29, 0.717) is 6.42 Å². The molecule has 0 aromatic carbocycles. The van der Waals surface area contributed by atoms with Gasteiger partial charge in [0.05, 0.1) is 13.2 Å². The topological polar surface area (TPSA) is 47.6 Å². The number of hydrogen-bond donors (Lipinski definition) is 1. The molecule has 1 aliphatic heterocycles. The van der Waals surface area contributed by atoms with Crippen molar-refractivity contribution in [3.8, 4) is 0 Å². The minimum Gasteiger partial charge on any atom is -0.468 e. The Morgan fingerprint density at radius 2 is 2.05 bits per heavy atom. The number of carbonyl (C=O) groups is 1. The zero-order valence-electron chi connectivity index (χ0n) is 13.7. The van der Waals surface area contributed by atoms with Crippen molar-refractivity contribution in [2.24, 2.45) is 0 Å². The van der Waals surface area contributed by atoms with Crippen LogP contribution in [0, 0.1) is 0 Å². The quantitative estimate of drug-likeness (QED) is 0.482. The van der Waals surface area contributed by atoms with Gasteiger partial charge in [-0.05, 0) is 31.0 Å². The van der Waals surface area contributed by atoms with Crippen LogP contribution in [-0.2, 0) is 14.0 Å². The van der Waals surface area contributed by atoms with Crippen molar-refractivity contribution >= 4 is 14.3 Å². The summed E-state index contributed by atoms with van der Waals surface area (Å²) in [6, 6.07) is -0.120. The first-order chi connectivity index (χ1) is 9.12. The monoisotopic (exact) mass is 299 g/mol. The number of carbonyl (C=O) groups excluding carboxylic acids is 1. The fraction of sp³-hybridized carbons (Fsp3) is 0.800. The molecule has 0 bridgehead atoms. The van der Waals surface area contributed by atoms with E-state index in [1.54, 1.807) is 0 Å². The zero-order valence-corrected chi connectivity index (χ0v) is 14.7. The molecule has 0 spiro atoms. The van der Waals surface area contributed by atoms with Crippen LogP contribution < -0.4 is 5.32 Å². The van der Waals surface area contributed by atoms with Gasteiger partial charge in [0.15, 0.2) is 8.32 Å². The first-order valence-corrected chi connectivity index (χ1v) is 10.2. The average Bonchev–Trinajstić information content (AvgIpc) is 2.70. The molecule has 1 aliphatic rings. The van der Waals surface area contributed by atoms with E-state index >= 15 is 0 Å². The molecule has 1 N–H and O–H groups in total. The molecule has 1 fully saturated rings. The third-order valence-electron chi connectivity index (χ3n) is 4.49. The lowest BCUT2D eigenvalue weighted by Crippen LogP contribution is -2.47. The van der Waals surface area contributed by atoms with E-state index in [4.69, 9.17) is 9.16 Å². The Morgan fingerprint density at radius 3 is 2.50 bits per heavy atom. The van der Waals surface area contributed by atoms with Gasteiger partial charge in [-0.2, -0.15) is 0 Å². The van der Waals surface area contributed by atoms with Crippen LogP contribution >= 0.6 is 0 Å². The first kappa shape index (κ1) is 17.4. The molecule has 0 amide bonds. The summed E-state index contributed by atoms with van der Waals surface area (Å²) in [4.78, 5) is 11.7. The highest BCUT2D eigenvalue weighted by molar-refractivity contribution is 6.74. The number of hydrogen-bond acceptors (Lipinski definition) is 4. The second-order valence-electron chi connectivity index (χ2n) is 7.03. The van der Waals surface area contributed by atoms with Crippen LogP contribution in [0.1, 0.15) is 33.6 Å². The van der Waals surface area contributed by atoms with Crippen molar-refractivity contribution in [2.45, 2.75) is 69.9 Å². The number of rotatable bonds is 5. The molecular weight excluding hydrogens is 270 g/mol. The maximum atomic E-state index is 11.7. The molecule has 1 heterocycles. The van der Waals surface area contributed by atoms with Crippen molar-refractivity contribution in [2.75, 3.05) is 7.11 Å². The molecule has 3 atom stereocenters. The Labute approximate surface area is 124 Å². The normalized spacial score (nSPS) is 27.4. The maximum Gasteiger partial charge on any atom is 0.322 e. The Kier molecular flexibility index (Phi) is 5.58. The molecule has 0 unspecified atom stereocenters. The zero-order chi connectivity index (χ0) is 15.6. The van der Waals surface area contributed by atoms with Crippen LogP contribution in [0.15, 0.2) is 12.7 Å². The Hall–Kier alpha value is -0.653. The van der Waals surface area contributed by atoms with Gasteiger partial charge in [-0.3, -0.25) is 10.1 Å². The molecule has 4 nitrogen and oxygen atoms in total. The average molecular weight is 299 g/mol. The van der Waals surface area contributed by atoms with Gasteiger partial charge in [0.1, 0.15) is 6.04 Å². The summed E-state index contributed by atoms with van der Waals surface area (Å²) in [5.41, 5.74) is 0. The van der Waals surface area contributed by atoms with E-state index in [1.165, 1.54) is 7.11 Å². The number of methoxy groups -OCH3 is 1. The standard InChI is InChI=1S/C15H29NO3Si/c1-8-9-11-13(10-12(16-11)14(17)18-5)19-20(6,7)15(2,3)4/h8,11-13,16H,1,9-10H2,2-7H3/t11-,12-,13+/m0/s1. The second-order valence-corrected chi connectivity index (χ2v) is 11.8. The lowest BCUT2D eigenvalue weighted by atomic mass is 10.1. The summed E-state index contributed by atoms with van der Waals surface area (Å²) in [6.07, 6.45) is 3.40. The van der Waals surface area contributed by atoms with E-state index in [1.807, 2.05) is 6.08 Å². The smallest absolute Gasteiger partial charge is 0.322 e. The van der Waals surface area contributed by atoms with Crippen molar-refractivity contribution in [1.29, 1.82) is 0 Å². The highest BCUT2D eigenvalue weighted by Gasteiger charge is 2.45. The summed E-state index contributed by atoms with van der Waals surface area (Å²) in [5, 5.41) is 3.48. The van der Waals surface area contributed by atoms with E-state index in [2.05, 4.69) is 45.8 Å². The Bertz CT molecular complexity index is 363. The fourth-order valence-corrected chi connectivity index (χ4v) is 3.59. The molecule has 0 radical (unpaired) electrons. The third-order valence-corrected chi connectivity index (χ3v) is 8.99. The van der Waals surface area contributed by atoms with Gasteiger partial charge in [-0.25, -0.2) is 0 Å². The fourth-order valence-electron chi connectivity index (χ4n) is 2.22. The molecular formula is C15H29NO3Si. The molecule has 20 heavy (non-hydrogen) atoms. The number of ether oxygens (including phenoxy) is 1. The van der Waals surface area contributed by atoms with Crippen LogP contribution in [0.4, 0.5) is 0 Å². The molecule has 0 aromatic heterocycles. The van der Waals surface area contributed by atoms with Gasteiger partial charge in [-0.1, -0.05) is 26.8 Å². The molecule has 116 valence electrons. The summed E-state index contributed by atoms with van der Waals surface area (Å²) in [5.74, 6) is -0.208. The summed E-state index contributed by atoms with van der Waals surface area (Å²) < 4.78 is 11.3. The van der Waals surface area contributed by atoms with E-state index in [9.17, 15) is 4.79 Å². The number of nitrogens with one attached hydrogen (secondary N) is 1. The highest BCUT2D eigenvalue weighted by Crippen LogP contribution is 2.39. The van der Waals surface area contributed by atoms with Gasteiger partial charge < -0.3 is 9.16 Å². The van der Waals surface area contributed by atoms with Gasteiger partial charge >= 0.3 is 5.97 Å². The van der Waals surface area contributed by atoms with Gasteiger partial charge in [0, 0.05) is 6.04 Å². The highest BCUT2D eigenvalue weighted by atomic mass is 28.4. The first-order valence-electron chi connectivity index (χ1n) is 7.25. The minimum absolute atomic E-state index is 0.0537. The van der Waals surface area contributed by atoms with E-state index in [0.717, 1.165) is 6.42 Å². The number of esters is 1. The van der Waals surface area contributed by atoms with E-state index < -0.39 is 8.32 Å². The SMILES string of the molecule is C=CC[C@@H]1N[C@H](C(=O)OC)C[C@H]1O[Si](C)(C)C(C)(C)C. The molecule has 1 saturated heterocycles. The van der Waals surface area contributed by atoms with Crippen molar-refractivity contribution in [3.05, 3.63) is 12.7 Å². The summed E-state index contributed by atoms with van der Waals surface area (Å²) >= 11 is 0. The minimum atomic E-state index is -1.84. The van der Waals surface area contributed by atoms with Gasteiger partial charge in [0.2, 0.25) is 0 Å². The molecule has 1 rings (SSSR count). The van der Waals surface area contributed by atoms with Crippen molar-refractivity contribution in [1.82, 2.24) is 5.32 Å². The second kappa shape index (κ2) is 6.41. The Balaban J connectivity index is 2.80. The van der Waals surface area contributed by atoms with Crippen molar-refractivity contribution < 1.29 is 14.0 Å². The maximum absolute atomic E-state index is 11.7. The van der Waals surface area contributed by atoms with Crippen LogP contribution in [0.5, 0.6) is 0 Å². The van der Waals surface area contributed by atoms with E-state index in [-0.39, 0.29) is 29.2 Å². The Morgan fingerprint density at radius 1 is 1.45 bits per heavy atom. The third kappa shape index (κ3) is 3.93.